The Bertz CT molecular complexity index is 907. The monoisotopic (exact) mass is 292 g/mol. The highest BCUT2D eigenvalue weighted by molar-refractivity contribution is 6.28. The van der Waals surface area contributed by atoms with Crippen molar-refractivity contribution in [1.82, 2.24) is 9.55 Å². The minimum absolute atomic E-state index is 0.0685. The fourth-order valence-electron chi connectivity index (χ4n) is 1.95. The highest BCUT2D eigenvalue weighted by Crippen LogP contribution is 2.17. The van der Waals surface area contributed by atoms with E-state index < -0.39 is 11.2 Å². The molecule has 7 heteroatoms. The summed E-state index contributed by atoms with van der Waals surface area (Å²) in [6.07, 6.45) is 0. The first kappa shape index (κ1) is 12.6. The molecule has 0 atom stereocenters. The van der Waals surface area contributed by atoms with E-state index in [-0.39, 0.29) is 11.1 Å². The lowest BCUT2D eigenvalue weighted by atomic mass is 10.2. The zero-order valence-corrected chi connectivity index (χ0v) is 11.1. The molecule has 2 heterocycles. The van der Waals surface area contributed by atoms with Crippen LogP contribution in [0.5, 0.6) is 5.75 Å². The smallest absolute Gasteiger partial charge is 0.335 e. The summed E-state index contributed by atoms with van der Waals surface area (Å²) in [7, 11) is 1.51. The van der Waals surface area contributed by atoms with Crippen LogP contribution in [0, 0.1) is 0 Å². The van der Waals surface area contributed by atoms with Crippen LogP contribution < -0.4 is 16.0 Å². The topological polar surface area (TPSA) is 77.2 Å². The van der Waals surface area contributed by atoms with Gasteiger partial charge in [0.25, 0.3) is 5.56 Å². The van der Waals surface area contributed by atoms with Crippen molar-refractivity contribution < 1.29 is 9.15 Å². The molecule has 2 aromatic heterocycles. The molecule has 1 aromatic carbocycles. The van der Waals surface area contributed by atoms with Gasteiger partial charge < -0.3 is 14.1 Å². The van der Waals surface area contributed by atoms with Crippen LogP contribution in [0.25, 0.3) is 16.8 Å². The quantitative estimate of drug-likeness (QED) is 0.783. The lowest BCUT2D eigenvalue weighted by molar-refractivity contribution is 0.415. The number of fused-ring (bicyclic) bond motifs is 1. The fraction of sp³-hybridized carbons (Fsp3) is 0.0769. The molecule has 0 saturated carbocycles. The van der Waals surface area contributed by atoms with Crippen LogP contribution in [0.4, 0.5) is 0 Å². The normalized spacial score (nSPS) is 10.9. The molecule has 20 heavy (non-hydrogen) atoms. The number of hydrogen-bond acceptors (Lipinski definition) is 4. The summed E-state index contributed by atoms with van der Waals surface area (Å²) in [5.41, 5.74) is -0.701. The standard InChI is InChI=1S/C13H9ClN2O4/c1-19-7-2-3-8-9(6-7)15-13(18)16(12(8)17)11-5-4-10(14)20-11/h2-6H,1H3,(H,15,18). The fourth-order valence-corrected chi connectivity index (χ4v) is 2.09. The SMILES string of the molecule is COc1ccc2c(=O)n(-c3ccc(Cl)o3)c(=O)[nH]c2c1. The molecule has 0 spiro atoms. The summed E-state index contributed by atoms with van der Waals surface area (Å²) in [5.74, 6) is 0.616. The average Bonchev–Trinajstić information content (AvgIpc) is 2.84. The maximum Gasteiger partial charge on any atom is 0.335 e. The number of aromatic nitrogens is 2. The Morgan fingerprint density at radius 2 is 2.05 bits per heavy atom. The number of H-pyrrole nitrogens is 1. The molecule has 0 amide bonds. The van der Waals surface area contributed by atoms with E-state index in [1.165, 1.54) is 19.2 Å². The summed E-state index contributed by atoms with van der Waals surface area (Å²) in [6, 6.07) is 7.71. The number of nitrogens with zero attached hydrogens (tertiary/aromatic N) is 1. The number of hydrogen-bond donors (Lipinski definition) is 1. The molecule has 1 N–H and O–H groups in total. The first-order chi connectivity index (χ1) is 9.60. The summed E-state index contributed by atoms with van der Waals surface area (Å²) in [6.45, 7) is 0. The third kappa shape index (κ3) is 1.90. The maximum absolute atomic E-state index is 12.4. The van der Waals surface area contributed by atoms with Crippen LogP contribution in [-0.4, -0.2) is 16.7 Å². The third-order valence-electron chi connectivity index (χ3n) is 2.88. The van der Waals surface area contributed by atoms with Gasteiger partial charge in [-0.2, -0.15) is 4.57 Å². The Kier molecular flexibility index (Phi) is 2.87. The molecule has 0 aliphatic heterocycles. The van der Waals surface area contributed by atoms with Crippen LogP contribution in [0.3, 0.4) is 0 Å². The molecule has 0 radical (unpaired) electrons. The lowest BCUT2D eigenvalue weighted by Crippen LogP contribution is -2.33. The Labute approximate surface area is 117 Å². The molecule has 102 valence electrons. The summed E-state index contributed by atoms with van der Waals surface area (Å²) in [5, 5.41) is 0.444. The van der Waals surface area contributed by atoms with Gasteiger partial charge in [-0.1, -0.05) is 0 Å². The van der Waals surface area contributed by atoms with Crippen LogP contribution in [0.15, 0.2) is 44.3 Å². The van der Waals surface area contributed by atoms with Gasteiger partial charge in [-0.15, -0.1) is 0 Å². The van der Waals surface area contributed by atoms with E-state index in [1.807, 2.05) is 0 Å². The first-order valence-corrected chi connectivity index (χ1v) is 6.07. The van der Waals surface area contributed by atoms with Gasteiger partial charge in [0.15, 0.2) is 5.22 Å². The summed E-state index contributed by atoms with van der Waals surface area (Å²) in [4.78, 5) is 27.0. The molecule has 0 bridgehead atoms. The molecule has 6 nitrogen and oxygen atoms in total. The van der Waals surface area contributed by atoms with E-state index in [1.54, 1.807) is 18.2 Å². The molecule has 3 rings (SSSR count). The van der Waals surface area contributed by atoms with E-state index in [2.05, 4.69) is 4.98 Å². The summed E-state index contributed by atoms with van der Waals surface area (Å²) >= 11 is 5.66. The van der Waals surface area contributed by atoms with E-state index in [4.69, 9.17) is 20.8 Å². The van der Waals surface area contributed by atoms with Crippen molar-refractivity contribution in [3.05, 3.63) is 56.4 Å². The number of rotatable bonds is 2. The second-order valence-corrected chi connectivity index (χ2v) is 4.43. The maximum atomic E-state index is 12.4. The molecule has 0 unspecified atom stereocenters. The third-order valence-corrected chi connectivity index (χ3v) is 3.09. The Hall–Kier alpha value is -2.47. The van der Waals surface area contributed by atoms with Crippen molar-refractivity contribution in [3.63, 3.8) is 0 Å². The van der Waals surface area contributed by atoms with Crippen LogP contribution in [0.1, 0.15) is 0 Å². The Morgan fingerprint density at radius 3 is 2.70 bits per heavy atom. The van der Waals surface area contributed by atoms with E-state index >= 15 is 0 Å². The van der Waals surface area contributed by atoms with E-state index in [0.717, 1.165) is 4.57 Å². The van der Waals surface area contributed by atoms with Crippen molar-refractivity contribution in [2.75, 3.05) is 7.11 Å². The molecule has 0 fully saturated rings. The average molecular weight is 293 g/mol. The van der Waals surface area contributed by atoms with Crippen LogP contribution in [0.2, 0.25) is 5.22 Å². The number of ether oxygens (including phenoxy) is 1. The minimum Gasteiger partial charge on any atom is -0.497 e. The Balaban J connectivity index is 2.35. The number of benzene rings is 1. The van der Waals surface area contributed by atoms with Crippen molar-refractivity contribution in [2.45, 2.75) is 0 Å². The highest BCUT2D eigenvalue weighted by atomic mass is 35.5. The summed E-state index contributed by atoms with van der Waals surface area (Å²) < 4.78 is 11.1. The molecule has 0 saturated heterocycles. The number of furan rings is 1. The highest BCUT2D eigenvalue weighted by Gasteiger charge is 2.12. The largest absolute Gasteiger partial charge is 0.497 e. The van der Waals surface area contributed by atoms with Crippen molar-refractivity contribution in [1.29, 1.82) is 0 Å². The molecular formula is C13H9ClN2O4. The molecule has 0 aliphatic carbocycles. The zero-order valence-electron chi connectivity index (χ0n) is 10.3. The second kappa shape index (κ2) is 4.57. The predicted octanol–water partition coefficient (Wildman–Crippen LogP) is 1.93. The molecule has 0 aliphatic rings. The van der Waals surface area contributed by atoms with Crippen LogP contribution >= 0.6 is 11.6 Å². The number of aromatic amines is 1. The van der Waals surface area contributed by atoms with Gasteiger partial charge in [-0.3, -0.25) is 4.79 Å². The Morgan fingerprint density at radius 1 is 1.25 bits per heavy atom. The minimum atomic E-state index is -0.609. The first-order valence-electron chi connectivity index (χ1n) is 5.69. The zero-order chi connectivity index (χ0) is 14.3. The lowest BCUT2D eigenvalue weighted by Gasteiger charge is -2.05. The predicted molar refractivity (Wildman–Crippen MR) is 74.0 cm³/mol. The van der Waals surface area contributed by atoms with Crippen LogP contribution in [-0.2, 0) is 0 Å². The van der Waals surface area contributed by atoms with Gasteiger partial charge in [0, 0.05) is 12.1 Å². The van der Waals surface area contributed by atoms with Crippen molar-refractivity contribution in [2.24, 2.45) is 0 Å². The van der Waals surface area contributed by atoms with Gasteiger partial charge in [-0.05, 0) is 29.8 Å². The van der Waals surface area contributed by atoms with Gasteiger partial charge in [0.2, 0.25) is 5.88 Å². The number of methoxy groups -OCH3 is 1. The van der Waals surface area contributed by atoms with E-state index in [9.17, 15) is 9.59 Å². The number of halogens is 1. The number of nitrogens with one attached hydrogen (secondary N) is 1. The molecular weight excluding hydrogens is 284 g/mol. The van der Waals surface area contributed by atoms with Gasteiger partial charge >= 0.3 is 5.69 Å². The van der Waals surface area contributed by atoms with Crippen molar-refractivity contribution in [3.8, 4) is 11.6 Å². The van der Waals surface area contributed by atoms with Crippen molar-refractivity contribution >= 4 is 22.5 Å². The van der Waals surface area contributed by atoms with Gasteiger partial charge in [-0.25, -0.2) is 4.79 Å². The second-order valence-electron chi connectivity index (χ2n) is 4.06. The van der Waals surface area contributed by atoms with Gasteiger partial charge in [0.1, 0.15) is 5.75 Å². The van der Waals surface area contributed by atoms with E-state index in [0.29, 0.717) is 16.7 Å². The van der Waals surface area contributed by atoms with Gasteiger partial charge in [0.05, 0.1) is 18.0 Å². The molecule has 3 aromatic rings.